The van der Waals surface area contributed by atoms with Crippen LogP contribution in [0.3, 0.4) is 0 Å². The van der Waals surface area contributed by atoms with E-state index >= 15 is 0 Å². The summed E-state index contributed by atoms with van der Waals surface area (Å²) < 4.78 is 6.83. The molecule has 0 saturated carbocycles. The maximum Gasteiger partial charge on any atom is 0.328 e. The lowest BCUT2D eigenvalue weighted by molar-refractivity contribution is -0.131. The molecular formula is C23H17NO5S. The summed E-state index contributed by atoms with van der Waals surface area (Å²) in [6.45, 7) is 1.85. The number of carboxylic acids is 1. The van der Waals surface area contributed by atoms with Gasteiger partial charge in [-0.2, -0.15) is 0 Å². The molecule has 0 atom stereocenters. The van der Waals surface area contributed by atoms with Crippen LogP contribution >= 0.6 is 11.3 Å². The average Bonchev–Trinajstić information content (AvgIpc) is 3.30. The van der Waals surface area contributed by atoms with Crippen molar-refractivity contribution in [3.8, 4) is 17.2 Å². The van der Waals surface area contributed by atoms with Crippen LogP contribution in [0.25, 0.3) is 16.2 Å². The van der Waals surface area contributed by atoms with E-state index in [4.69, 9.17) is 9.84 Å². The number of aromatic amines is 1. The van der Waals surface area contributed by atoms with Gasteiger partial charge in [-0.15, -0.1) is 11.3 Å². The van der Waals surface area contributed by atoms with Gasteiger partial charge >= 0.3 is 5.97 Å². The molecule has 0 fully saturated rings. The van der Waals surface area contributed by atoms with Gasteiger partial charge in [0.15, 0.2) is 5.75 Å². The molecule has 0 aliphatic carbocycles. The first kappa shape index (κ1) is 19.5. The van der Waals surface area contributed by atoms with Gasteiger partial charge in [0.25, 0.3) is 0 Å². The molecule has 0 radical (unpaired) electrons. The Morgan fingerprint density at radius 1 is 1.10 bits per heavy atom. The maximum absolute atomic E-state index is 13.2. The first-order valence-corrected chi connectivity index (χ1v) is 9.87. The highest BCUT2D eigenvalue weighted by atomic mass is 32.1. The van der Waals surface area contributed by atoms with Crippen molar-refractivity contribution in [3.05, 3.63) is 82.5 Å². The second-order valence-corrected chi connectivity index (χ2v) is 7.70. The summed E-state index contributed by atoms with van der Waals surface area (Å²) in [6, 6.07) is 13.6. The van der Waals surface area contributed by atoms with Crippen LogP contribution in [0, 0.1) is 6.92 Å². The molecule has 4 rings (SSSR count). The van der Waals surface area contributed by atoms with Gasteiger partial charge in [-0.25, -0.2) is 4.79 Å². The van der Waals surface area contributed by atoms with E-state index in [1.54, 1.807) is 48.7 Å². The predicted molar refractivity (Wildman–Crippen MR) is 116 cm³/mol. The topological polar surface area (TPSA) is 99.6 Å². The van der Waals surface area contributed by atoms with Crippen molar-refractivity contribution in [2.75, 3.05) is 0 Å². The molecule has 0 spiro atoms. The number of nitrogens with one attached hydrogen (secondary N) is 1. The van der Waals surface area contributed by atoms with Crippen LogP contribution in [0.15, 0.2) is 60.8 Å². The Hall–Kier alpha value is -3.84. The van der Waals surface area contributed by atoms with E-state index in [9.17, 15) is 14.7 Å². The lowest BCUT2D eigenvalue weighted by atomic mass is 10.1. The third kappa shape index (κ3) is 3.83. The molecule has 0 saturated heterocycles. The van der Waals surface area contributed by atoms with Gasteiger partial charge in [0.2, 0.25) is 5.78 Å². The summed E-state index contributed by atoms with van der Waals surface area (Å²) in [5, 5.41) is 19.3. The van der Waals surface area contributed by atoms with Crippen LogP contribution < -0.4 is 4.74 Å². The molecule has 150 valence electrons. The molecule has 3 N–H and O–H groups in total. The molecule has 2 heterocycles. The Kier molecular flexibility index (Phi) is 5.12. The number of phenolic OH excluding ortho intramolecular Hbond substituents is 1. The fourth-order valence-electron chi connectivity index (χ4n) is 3.05. The molecule has 7 heteroatoms. The number of aryl methyl sites for hydroxylation is 1. The minimum absolute atomic E-state index is 0.111. The first-order valence-electron chi connectivity index (χ1n) is 9.05. The van der Waals surface area contributed by atoms with Crippen LogP contribution in [0.4, 0.5) is 0 Å². The molecule has 0 aliphatic rings. The zero-order valence-electron chi connectivity index (χ0n) is 15.9. The van der Waals surface area contributed by atoms with Crippen molar-refractivity contribution in [2.45, 2.75) is 6.92 Å². The smallest absolute Gasteiger partial charge is 0.328 e. The number of benzene rings is 2. The normalized spacial score (nSPS) is 11.2. The van der Waals surface area contributed by atoms with Gasteiger partial charge in [0, 0.05) is 22.4 Å². The largest absolute Gasteiger partial charge is 0.508 e. The van der Waals surface area contributed by atoms with Crippen molar-refractivity contribution in [1.29, 1.82) is 0 Å². The molecule has 30 heavy (non-hydrogen) atoms. The highest BCUT2D eigenvalue weighted by Crippen LogP contribution is 2.42. The number of hydrogen-bond acceptors (Lipinski definition) is 5. The monoisotopic (exact) mass is 419 g/mol. The number of hydrogen-bond donors (Lipinski definition) is 3. The lowest BCUT2D eigenvalue weighted by Crippen LogP contribution is -2.03. The number of phenols is 1. The summed E-state index contributed by atoms with van der Waals surface area (Å²) in [4.78, 5) is 27.2. The van der Waals surface area contributed by atoms with E-state index in [0.29, 0.717) is 27.6 Å². The number of carbonyl (C=O) groups is 2. The maximum atomic E-state index is 13.2. The summed E-state index contributed by atoms with van der Waals surface area (Å²) in [7, 11) is 0. The molecular weight excluding hydrogens is 402 g/mol. The van der Waals surface area contributed by atoms with Crippen molar-refractivity contribution in [3.63, 3.8) is 0 Å². The van der Waals surface area contributed by atoms with Gasteiger partial charge in [-0.1, -0.05) is 12.1 Å². The van der Waals surface area contributed by atoms with Crippen LogP contribution in [-0.4, -0.2) is 26.9 Å². The number of H-pyrrole nitrogens is 1. The number of fused-ring (bicyclic) bond motifs is 1. The summed E-state index contributed by atoms with van der Waals surface area (Å²) >= 11 is 1.26. The Morgan fingerprint density at radius 2 is 1.87 bits per heavy atom. The first-order chi connectivity index (χ1) is 14.4. The predicted octanol–water partition coefficient (Wildman–Crippen LogP) is 5.36. The molecule has 0 amide bonds. The number of carboxylic acid groups (broad SMARTS) is 1. The summed E-state index contributed by atoms with van der Waals surface area (Å²) in [5.74, 6) is -0.171. The van der Waals surface area contributed by atoms with Crippen molar-refractivity contribution >= 4 is 39.3 Å². The lowest BCUT2D eigenvalue weighted by Gasteiger charge is -2.08. The van der Waals surface area contributed by atoms with Gasteiger partial charge in [-0.3, -0.25) is 4.79 Å². The SMILES string of the molecule is Cc1cc[nH]c1C(=O)c1sc2cc(O)ccc2c1Oc1ccc(/C=C/C(=O)O)cc1. The molecule has 2 aromatic heterocycles. The fraction of sp³-hybridized carbons (Fsp3) is 0.0435. The van der Waals surface area contributed by atoms with Crippen molar-refractivity contribution < 1.29 is 24.5 Å². The van der Waals surface area contributed by atoms with Crippen LogP contribution in [0.2, 0.25) is 0 Å². The average molecular weight is 419 g/mol. The summed E-state index contributed by atoms with van der Waals surface area (Å²) in [5.41, 5.74) is 2.04. The van der Waals surface area contributed by atoms with E-state index in [-0.39, 0.29) is 11.5 Å². The third-order valence-corrected chi connectivity index (χ3v) is 5.67. The van der Waals surface area contributed by atoms with E-state index < -0.39 is 5.97 Å². The van der Waals surface area contributed by atoms with E-state index in [2.05, 4.69) is 4.98 Å². The number of rotatable bonds is 6. The fourth-order valence-corrected chi connectivity index (χ4v) is 4.16. The second kappa shape index (κ2) is 7.88. The number of aromatic hydroxyl groups is 1. The van der Waals surface area contributed by atoms with Gasteiger partial charge < -0.3 is 19.9 Å². The van der Waals surface area contributed by atoms with Crippen LogP contribution in [-0.2, 0) is 4.79 Å². The molecule has 4 aromatic rings. The molecule has 2 aromatic carbocycles. The van der Waals surface area contributed by atoms with E-state index in [0.717, 1.165) is 21.7 Å². The summed E-state index contributed by atoms with van der Waals surface area (Å²) in [6.07, 6.45) is 4.26. The molecule has 0 unspecified atom stereocenters. The number of ketones is 1. The number of thiophene rings is 1. The van der Waals surface area contributed by atoms with E-state index in [1.807, 2.05) is 13.0 Å². The van der Waals surface area contributed by atoms with Gasteiger partial charge in [0.1, 0.15) is 16.4 Å². The highest BCUT2D eigenvalue weighted by molar-refractivity contribution is 7.21. The third-order valence-electron chi connectivity index (χ3n) is 4.54. The van der Waals surface area contributed by atoms with Gasteiger partial charge in [-0.05, 0) is 60.5 Å². The zero-order valence-corrected chi connectivity index (χ0v) is 16.7. The van der Waals surface area contributed by atoms with Crippen molar-refractivity contribution in [1.82, 2.24) is 4.98 Å². The van der Waals surface area contributed by atoms with E-state index in [1.165, 1.54) is 17.4 Å². The zero-order chi connectivity index (χ0) is 21.3. The number of carbonyl (C=O) groups excluding carboxylic acids is 1. The minimum atomic E-state index is -1.02. The van der Waals surface area contributed by atoms with Crippen LogP contribution in [0.5, 0.6) is 17.2 Å². The Balaban J connectivity index is 1.75. The molecule has 0 aliphatic heterocycles. The molecule has 0 bridgehead atoms. The standard InChI is InChI=1S/C23H17NO5S/c1-13-10-11-24-20(13)21(28)23-22(17-8-5-15(25)12-18(17)30-23)29-16-6-2-14(3-7-16)4-9-19(26)27/h2-12,24-25H,1H3,(H,26,27)/b9-4+. The number of aromatic nitrogens is 1. The Bertz CT molecular complexity index is 1280. The Labute approximate surface area is 175 Å². The minimum Gasteiger partial charge on any atom is -0.508 e. The second-order valence-electron chi connectivity index (χ2n) is 6.65. The number of aliphatic carboxylic acids is 1. The highest BCUT2D eigenvalue weighted by Gasteiger charge is 2.24. The van der Waals surface area contributed by atoms with Crippen molar-refractivity contribution in [2.24, 2.45) is 0 Å². The molecule has 6 nitrogen and oxygen atoms in total. The van der Waals surface area contributed by atoms with Gasteiger partial charge in [0.05, 0.1) is 5.69 Å². The quantitative estimate of drug-likeness (QED) is 0.288. The van der Waals surface area contributed by atoms with Crippen LogP contribution in [0.1, 0.15) is 26.5 Å². The Morgan fingerprint density at radius 3 is 2.53 bits per heavy atom. The number of ether oxygens (including phenoxy) is 1.